The number of aromatic nitrogens is 1. The van der Waals surface area contributed by atoms with Gasteiger partial charge in [0, 0.05) is 31.9 Å². The van der Waals surface area contributed by atoms with Crippen LogP contribution < -0.4 is 0 Å². The molecule has 0 radical (unpaired) electrons. The zero-order valence-corrected chi connectivity index (χ0v) is 15.5. The van der Waals surface area contributed by atoms with E-state index in [-0.39, 0.29) is 11.8 Å². The third kappa shape index (κ3) is 4.92. The Morgan fingerprint density at radius 2 is 2.00 bits per heavy atom. The van der Waals surface area contributed by atoms with Gasteiger partial charge >= 0.3 is 0 Å². The van der Waals surface area contributed by atoms with Crippen molar-refractivity contribution in [1.29, 1.82) is 0 Å². The van der Waals surface area contributed by atoms with Crippen LogP contribution in [0, 0.1) is 12.8 Å². The summed E-state index contributed by atoms with van der Waals surface area (Å²) in [6.07, 6.45) is 7.15. The predicted octanol–water partition coefficient (Wildman–Crippen LogP) is 3.16. The molecule has 2 atom stereocenters. The van der Waals surface area contributed by atoms with E-state index < -0.39 is 6.10 Å². The summed E-state index contributed by atoms with van der Waals surface area (Å²) in [6.45, 7) is 3.33. The monoisotopic (exact) mass is 352 g/mol. The van der Waals surface area contributed by atoms with Gasteiger partial charge in [0.15, 0.2) is 0 Å². The number of benzene rings is 1. The van der Waals surface area contributed by atoms with Gasteiger partial charge in [-0.3, -0.25) is 9.78 Å². The minimum atomic E-state index is -0.437. The molecule has 2 aromatic rings. The van der Waals surface area contributed by atoms with Crippen molar-refractivity contribution in [2.24, 2.45) is 5.92 Å². The van der Waals surface area contributed by atoms with E-state index in [2.05, 4.69) is 30.1 Å². The van der Waals surface area contributed by atoms with Gasteiger partial charge in [-0.15, -0.1) is 0 Å². The summed E-state index contributed by atoms with van der Waals surface area (Å²) in [6, 6.07) is 12.3. The summed E-state index contributed by atoms with van der Waals surface area (Å²) in [4.78, 5) is 18.3. The first-order valence-corrected chi connectivity index (χ1v) is 9.52. The van der Waals surface area contributed by atoms with E-state index >= 15 is 0 Å². The Labute approximate surface area is 155 Å². The van der Waals surface area contributed by atoms with Gasteiger partial charge < -0.3 is 10.0 Å². The number of hydrogen-bond donors (Lipinski definition) is 1. The van der Waals surface area contributed by atoms with Crippen LogP contribution in [0.5, 0.6) is 0 Å². The fraction of sp³-hybridized carbons (Fsp3) is 0.455. The Balaban J connectivity index is 1.45. The van der Waals surface area contributed by atoms with Crippen LogP contribution >= 0.6 is 0 Å². The van der Waals surface area contributed by atoms with Crippen molar-refractivity contribution >= 4 is 5.91 Å². The number of pyridine rings is 1. The standard InChI is InChI=1S/C22H28N2O2/c1-17-5-2-3-7-19(17)15-20-11-14-24(16-21(20)25)22(26)8-4-6-18-9-12-23-13-10-18/h2-3,5,7,9-10,12-13,20-21,25H,4,6,8,11,14-16H2,1H3/t20-,21-/m1/s1. The molecule has 4 nitrogen and oxygen atoms in total. The Morgan fingerprint density at radius 3 is 2.73 bits per heavy atom. The average Bonchev–Trinajstić information content (AvgIpc) is 2.66. The maximum absolute atomic E-state index is 12.5. The molecule has 0 unspecified atom stereocenters. The molecule has 0 saturated carbocycles. The topological polar surface area (TPSA) is 53.4 Å². The van der Waals surface area contributed by atoms with Crippen molar-refractivity contribution in [2.75, 3.05) is 13.1 Å². The quantitative estimate of drug-likeness (QED) is 0.869. The molecule has 1 saturated heterocycles. The molecule has 0 bridgehead atoms. The minimum Gasteiger partial charge on any atom is -0.391 e. The Kier molecular flexibility index (Phi) is 6.40. The number of carbonyl (C=O) groups excluding carboxylic acids is 1. The maximum Gasteiger partial charge on any atom is 0.222 e. The Morgan fingerprint density at radius 1 is 1.23 bits per heavy atom. The van der Waals surface area contributed by atoms with E-state index in [1.54, 1.807) is 12.4 Å². The lowest BCUT2D eigenvalue weighted by atomic mass is 9.86. The Hall–Kier alpha value is -2.20. The van der Waals surface area contributed by atoms with Crippen molar-refractivity contribution in [2.45, 2.75) is 45.1 Å². The highest BCUT2D eigenvalue weighted by Crippen LogP contribution is 2.24. The molecule has 1 fully saturated rings. The minimum absolute atomic E-state index is 0.160. The SMILES string of the molecule is Cc1ccccc1C[C@H]1CCN(C(=O)CCCc2ccncc2)C[C@H]1O. The first kappa shape index (κ1) is 18.6. The first-order chi connectivity index (χ1) is 12.6. The van der Waals surface area contributed by atoms with E-state index in [4.69, 9.17) is 0 Å². The summed E-state index contributed by atoms with van der Waals surface area (Å²) in [5.41, 5.74) is 3.78. The smallest absolute Gasteiger partial charge is 0.222 e. The first-order valence-electron chi connectivity index (χ1n) is 9.52. The summed E-state index contributed by atoms with van der Waals surface area (Å²) >= 11 is 0. The highest BCUT2D eigenvalue weighted by atomic mass is 16.3. The second kappa shape index (κ2) is 8.95. The molecule has 0 spiro atoms. The van der Waals surface area contributed by atoms with Crippen molar-refractivity contribution in [3.05, 3.63) is 65.5 Å². The second-order valence-corrected chi connectivity index (χ2v) is 7.30. The lowest BCUT2D eigenvalue weighted by Crippen LogP contribution is -2.47. The Bertz CT molecular complexity index is 717. The van der Waals surface area contributed by atoms with Gasteiger partial charge in [-0.25, -0.2) is 0 Å². The summed E-state index contributed by atoms with van der Waals surface area (Å²) in [7, 11) is 0. The number of hydrogen-bond acceptors (Lipinski definition) is 3. The highest BCUT2D eigenvalue weighted by Gasteiger charge is 2.30. The zero-order valence-electron chi connectivity index (χ0n) is 15.5. The van der Waals surface area contributed by atoms with Crippen LogP contribution in [0.25, 0.3) is 0 Å². The van der Waals surface area contributed by atoms with Gasteiger partial charge in [0.2, 0.25) is 5.91 Å². The van der Waals surface area contributed by atoms with Crippen LogP contribution in [0.1, 0.15) is 36.0 Å². The molecular formula is C22H28N2O2. The number of aliphatic hydroxyl groups is 1. The number of amides is 1. The molecule has 1 amide bonds. The lowest BCUT2D eigenvalue weighted by Gasteiger charge is -2.36. The molecule has 0 aliphatic carbocycles. The third-order valence-corrected chi connectivity index (χ3v) is 5.42. The molecule has 2 heterocycles. The van der Waals surface area contributed by atoms with Crippen molar-refractivity contribution in [3.63, 3.8) is 0 Å². The molecule has 1 aliphatic rings. The molecule has 1 aliphatic heterocycles. The second-order valence-electron chi connectivity index (χ2n) is 7.30. The van der Waals surface area contributed by atoms with Crippen LogP contribution in [0.15, 0.2) is 48.8 Å². The van der Waals surface area contributed by atoms with E-state index in [1.165, 1.54) is 16.7 Å². The number of aryl methyl sites for hydroxylation is 2. The number of β-amino-alcohol motifs (C(OH)–C–C–N with tert-alkyl or cyclic N) is 1. The van der Waals surface area contributed by atoms with Crippen LogP contribution in [-0.4, -0.2) is 40.1 Å². The van der Waals surface area contributed by atoms with Gasteiger partial charge in [-0.2, -0.15) is 0 Å². The van der Waals surface area contributed by atoms with Gasteiger partial charge in [-0.05, 0) is 67.3 Å². The van der Waals surface area contributed by atoms with E-state index in [1.807, 2.05) is 23.1 Å². The summed E-state index contributed by atoms with van der Waals surface area (Å²) in [5, 5.41) is 10.5. The molecule has 138 valence electrons. The molecule has 1 N–H and O–H groups in total. The van der Waals surface area contributed by atoms with Crippen molar-refractivity contribution in [1.82, 2.24) is 9.88 Å². The van der Waals surface area contributed by atoms with Crippen LogP contribution in [0.4, 0.5) is 0 Å². The van der Waals surface area contributed by atoms with E-state index in [0.717, 1.165) is 32.2 Å². The normalized spacial score (nSPS) is 20.2. The molecular weight excluding hydrogens is 324 g/mol. The average molecular weight is 352 g/mol. The van der Waals surface area contributed by atoms with Gasteiger partial charge in [0.25, 0.3) is 0 Å². The predicted molar refractivity (Wildman–Crippen MR) is 103 cm³/mol. The molecule has 3 rings (SSSR count). The van der Waals surface area contributed by atoms with E-state index in [0.29, 0.717) is 13.0 Å². The van der Waals surface area contributed by atoms with Crippen LogP contribution in [0.2, 0.25) is 0 Å². The zero-order chi connectivity index (χ0) is 18.4. The number of nitrogens with zero attached hydrogens (tertiary/aromatic N) is 2. The lowest BCUT2D eigenvalue weighted by molar-refractivity contribution is -0.135. The number of piperidine rings is 1. The van der Waals surface area contributed by atoms with Gasteiger partial charge in [0.1, 0.15) is 0 Å². The van der Waals surface area contributed by atoms with Gasteiger partial charge in [-0.1, -0.05) is 24.3 Å². The molecule has 1 aromatic carbocycles. The summed E-state index contributed by atoms with van der Waals surface area (Å²) < 4.78 is 0. The highest BCUT2D eigenvalue weighted by molar-refractivity contribution is 5.76. The third-order valence-electron chi connectivity index (χ3n) is 5.42. The fourth-order valence-corrected chi connectivity index (χ4v) is 3.72. The number of carbonyl (C=O) groups is 1. The number of aliphatic hydroxyl groups excluding tert-OH is 1. The molecule has 26 heavy (non-hydrogen) atoms. The number of rotatable bonds is 6. The van der Waals surface area contributed by atoms with Crippen molar-refractivity contribution < 1.29 is 9.90 Å². The fourth-order valence-electron chi connectivity index (χ4n) is 3.72. The largest absolute Gasteiger partial charge is 0.391 e. The van der Waals surface area contributed by atoms with E-state index in [9.17, 15) is 9.90 Å². The van der Waals surface area contributed by atoms with Gasteiger partial charge in [0.05, 0.1) is 6.10 Å². The van der Waals surface area contributed by atoms with Crippen LogP contribution in [-0.2, 0) is 17.6 Å². The molecule has 4 heteroatoms. The summed E-state index contributed by atoms with van der Waals surface area (Å²) in [5.74, 6) is 0.393. The molecule has 1 aromatic heterocycles. The van der Waals surface area contributed by atoms with Crippen LogP contribution in [0.3, 0.4) is 0 Å². The maximum atomic E-state index is 12.5. The van der Waals surface area contributed by atoms with Crippen molar-refractivity contribution in [3.8, 4) is 0 Å². The number of likely N-dealkylation sites (tertiary alicyclic amines) is 1.